The third kappa shape index (κ3) is 4.00. The molecule has 8 heteroatoms. The summed E-state index contributed by atoms with van der Waals surface area (Å²) < 4.78 is 50.9. The van der Waals surface area contributed by atoms with E-state index >= 15 is 0 Å². The lowest BCUT2D eigenvalue weighted by atomic mass is 10.1. The number of ether oxygens (including phenoxy) is 2. The number of anilines is 1. The molecule has 3 rings (SSSR count). The van der Waals surface area contributed by atoms with Crippen LogP contribution in [0.4, 0.5) is 19.0 Å². The fourth-order valence-electron chi connectivity index (χ4n) is 2.79. The second-order valence-electron chi connectivity index (χ2n) is 5.98. The van der Waals surface area contributed by atoms with Gasteiger partial charge in [-0.3, -0.25) is 4.79 Å². The first-order valence-corrected chi connectivity index (χ1v) is 8.27. The van der Waals surface area contributed by atoms with E-state index in [-0.39, 0.29) is 12.4 Å². The summed E-state index contributed by atoms with van der Waals surface area (Å²) in [5.74, 6) is 0.729. The van der Waals surface area contributed by atoms with Gasteiger partial charge in [0, 0.05) is 29.1 Å². The molecule has 0 saturated heterocycles. The average molecular weight is 390 g/mol. The van der Waals surface area contributed by atoms with Gasteiger partial charge < -0.3 is 14.8 Å². The van der Waals surface area contributed by atoms with Crippen LogP contribution in [0.3, 0.4) is 0 Å². The summed E-state index contributed by atoms with van der Waals surface area (Å²) in [5.41, 5.74) is 0.385. The lowest BCUT2D eigenvalue weighted by molar-refractivity contribution is -0.137. The Labute approximate surface area is 159 Å². The summed E-state index contributed by atoms with van der Waals surface area (Å²) in [6, 6.07) is 10.4. The fraction of sp³-hybridized carbons (Fsp3) is 0.200. The van der Waals surface area contributed by atoms with E-state index in [0.29, 0.717) is 39.8 Å². The highest BCUT2D eigenvalue weighted by atomic mass is 19.4. The van der Waals surface area contributed by atoms with Crippen LogP contribution in [0.15, 0.2) is 42.5 Å². The number of fused-ring (bicyclic) bond motifs is 1. The maximum Gasteiger partial charge on any atom is 0.419 e. The third-order valence-corrected chi connectivity index (χ3v) is 4.22. The molecule has 1 aromatic heterocycles. The predicted octanol–water partition coefficient (Wildman–Crippen LogP) is 4.70. The molecule has 0 amide bonds. The van der Waals surface area contributed by atoms with Crippen molar-refractivity contribution in [3.05, 3.63) is 59.2 Å². The van der Waals surface area contributed by atoms with Crippen LogP contribution in [0.1, 0.15) is 21.5 Å². The van der Waals surface area contributed by atoms with Crippen LogP contribution in [0.25, 0.3) is 10.9 Å². The number of alkyl halides is 3. The number of carbonyl (C=O) groups is 1. The highest BCUT2D eigenvalue weighted by Crippen LogP contribution is 2.36. The summed E-state index contributed by atoms with van der Waals surface area (Å²) >= 11 is 0. The zero-order chi connectivity index (χ0) is 20.3. The van der Waals surface area contributed by atoms with Gasteiger partial charge in [-0.05, 0) is 24.3 Å². The molecule has 146 valence electrons. The Morgan fingerprint density at radius 2 is 1.86 bits per heavy atom. The summed E-state index contributed by atoms with van der Waals surface area (Å²) in [6.07, 6.45) is -3.97. The summed E-state index contributed by atoms with van der Waals surface area (Å²) in [6.45, 7) is 0.0577. The highest BCUT2D eigenvalue weighted by molar-refractivity contribution is 5.88. The van der Waals surface area contributed by atoms with Gasteiger partial charge in [-0.1, -0.05) is 12.1 Å². The van der Waals surface area contributed by atoms with E-state index in [1.54, 1.807) is 18.2 Å². The van der Waals surface area contributed by atoms with Crippen LogP contribution in [-0.4, -0.2) is 25.5 Å². The number of hydrogen-bond acceptors (Lipinski definition) is 5. The van der Waals surface area contributed by atoms with E-state index in [0.717, 1.165) is 6.07 Å². The molecule has 1 heterocycles. The topological polar surface area (TPSA) is 60.5 Å². The van der Waals surface area contributed by atoms with Crippen molar-refractivity contribution in [2.45, 2.75) is 12.7 Å². The number of rotatable bonds is 6. The molecule has 0 saturated carbocycles. The third-order valence-electron chi connectivity index (χ3n) is 4.22. The molecular formula is C20H17F3N2O3. The molecule has 0 aliphatic carbocycles. The van der Waals surface area contributed by atoms with Crippen molar-refractivity contribution in [1.29, 1.82) is 0 Å². The minimum atomic E-state index is -4.59. The van der Waals surface area contributed by atoms with Crippen LogP contribution >= 0.6 is 0 Å². The normalized spacial score (nSPS) is 11.3. The molecule has 2 aromatic carbocycles. The Hall–Kier alpha value is -3.29. The zero-order valence-corrected chi connectivity index (χ0v) is 15.1. The fourth-order valence-corrected chi connectivity index (χ4v) is 2.79. The largest absolute Gasteiger partial charge is 0.497 e. The van der Waals surface area contributed by atoms with E-state index in [1.165, 1.54) is 32.4 Å². The monoisotopic (exact) mass is 390 g/mol. The van der Waals surface area contributed by atoms with Gasteiger partial charge in [0.2, 0.25) is 0 Å². The molecule has 0 aliphatic heterocycles. The molecule has 0 fully saturated rings. The van der Waals surface area contributed by atoms with Gasteiger partial charge in [-0.15, -0.1) is 0 Å². The van der Waals surface area contributed by atoms with Crippen LogP contribution in [0.5, 0.6) is 11.5 Å². The van der Waals surface area contributed by atoms with Gasteiger partial charge in [-0.25, -0.2) is 4.98 Å². The molecule has 0 radical (unpaired) electrons. The first kappa shape index (κ1) is 19.5. The molecule has 3 aromatic rings. The van der Waals surface area contributed by atoms with Crippen molar-refractivity contribution in [3.8, 4) is 11.5 Å². The molecule has 0 spiro atoms. The van der Waals surface area contributed by atoms with Gasteiger partial charge in [-0.2, -0.15) is 13.2 Å². The van der Waals surface area contributed by atoms with E-state index in [1.807, 2.05) is 0 Å². The molecule has 0 bridgehead atoms. The van der Waals surface area contributed by atoms with Crippen LogP contribution in [0.2, 0.25) is 0 Å². The van der Waals surface area contributed by atoms with Crippen molar-refractivity contribution >= 4 is 23.0 Å². The smallest absolute Gasteiger partial charge is 0.419 e. The standard InChI is InChI=1S/C20H17F3N2O3/c1-27-15-6-5-14(18(9-15)28-2)10-24-19-16(20(21,22)23)8-13-4-3-12(11-26)7-17(13)25-19/h3-9,11H,10H2,1-2H3,(H,24,25). The molecule has 28 heavy (non-hydrogen) atoms. The van der Waals surface area contributed by atoms with E-state index in [9.17, 15) is 18.0 Å². The van der Waals surface area contributed by atoms with Crippen molar-refractivity contribution in [2.24, 2.45) is 0 Å². The number of nitrogens with one attached hydrogen (secondary N) is 1. The second kappa shape index (κ2) is 7.75. The lowest BCUT2D eigenvalue weighted by Crippen LogP contribution is -2.13. The Kier molecular flexibility index (Phi) is 5.39. The maximum atomic E-state index is 13.5. The minimum Gasteiger partial charge on any atom is -0.497 e. The van der Waals surface area contributed by atoms with Gasteiger partial charge in [0.25, 0.3) is 0 Å². The number of halogens is 3. The number of methoxy groups -OCH3 is 2. The Morgan fingerprint density at radius 3 is 2.50 bits per heavy atom. The molecule has 1 N–H and O–H groups in total. The number of hydrogen-bond donors (Lipinski definition) is 1. The second-order valence-corrected chi connectivity index (χ2v) is 5.98. The predicted molar refractivity (Wildman–Crippen MR) is 99.0 cm³/mol. The van der Waals surface area contributed by atoms with Crippen LogP contribution in [0, 0.1) is 0 Å². The minimum absolute atomic E-state index is 0.0577. The van der Waals surface area contributed by atoms with E-state index < -0.39 is 11.7 Å². The number of aromatic nitrogens is 1. The quantitative estimate of drug-likeness (QED) is 0.619. The first-order valence-electron chi connectivity index (χ1n) is 8.27. The molecule has 0 atom stereocenters. The Bertz CT molecular complexity index is 1020. The van der Waals surface area contributed by atoms with Gasteiger partial charge in [0.05, 0.1) is 25.3 Å². The number of benzene rings is 2. The van der Waals surface area contributed by atoms with Gasteiger partial charge in [0.1, 0.15) is 23.6 Å². The Balaban J connectivity index is 2.00. The van der Waals surface area contributed by atoms with Crippen LogP contribution < -0.4 is 14.8 Å². The van der Waals surface area contributed by atoms with Gasteiger partial charge >= 0.3 is 6.18 Å². The number of carbonyl (C=O) groups excluding carboxylic acids is 1. The summed E-state index contributed by atoms with van der Waals surface area (Å²) in [4.78, 5) is 15.0. The van der Waals surface area contributed by atoms with Crippen molar-refractivity contribution in [1.82, 2.24) is 4.98 Å². The number of aldehydes is 1. The van der Waals surface area contributed by atoms with Crippen molar-refractivity contribution < 1.29 is 27.4 Å². The van der Waals surface area contributed by atoms with Crippen molar-refractivity contribution in [2.75, 3.05) is 19.5 Å². The summed E-state index contributed by atoms with van der Waals surface area (Å²) in [5, 5.41) is 3.03. The number of pyridine rings is 1. The first-order chi connectivity index (χ1) is 13.4. The zero-order valence-electron chi connectivity index (χ0n) is 15.1. The van der Waals surface area contributed by atoms with E-state index in [4.69, 9.17) is 9.47 Å². The molecule has 5 nitrogen and oxygen atoms in total. The SMILES string of the molecule is COc1ccc(CNc2nc3cc(C=O)ccc3cc2C(F)(F)F)c(OC)c1. The Morgan fingerprint density at radius 1 is 1.07 bits per heavy atom. The molecular weight excluding hydrogens is 373 g/mol. The van der Waals surface area contributed by atoms with Gasteiger partial charge in [0.15, 0.2) is 0 Å². The lowest BCUT2D eigenvalue weighted by Gasteiger charge is -2.16. The number of nitrogens with zero attached hydrogens (tertiary/aromatic N) is 1. The molecule has 0 aliphatic rings. The van der Waals surface area contributed by atoms with Crippen LogP contribution in [-0.2, 0) is 12.7 Å². The average Bonchev–Trinajstić information content (AvgIpc) is 2.70. The highest BCUT2D eigenvalue weighted by Gasteiger charge is 2.35. The molecule has 0 unspecified atom stereocenters. The maximum absolute atomic E-state index is 13.5. The summed E-state index contributed by atoms with van der Waals surface area (Å²) in [7, 11) is 2.98. The van der Waals surface area contributed by atoms with E-state index in [2.05, 4.69) is 10.3 Å². The van der Waals surface area contributed by atoms with Crippen molar-refractivity contribution in [3.63, 3.8) is 0 Å².